The minimum Gasteiger partial charge on any atom is -0.384 e. The Hall–Kier alpha value is -1.35. The molecule has 7 nitrogen and oxygen atoms in total. The molecule has 1 aliphatic rings. The van der Waals surface area contributed by atoms with Crippen molar-refractivity contribution in [3.8, 4) is 0 Å². The minimum atomic E-state index is -3.00. The lowest BCUT2D eigenvalue weighted by molar-refractivity contribution is -0.120. The Morgan fingerprint density at radius 1 is 1.52 bits per heavy atom. The number of carbonyl (C=O) groups excluding carboxylic acids is 1. The number of hydrogen-bond donors (Lipinski definition) is 2. The summed E-state index contributed by atoms with van der Waals surface area (Å²) in [5, 5.41) is 2.78. The largest absolute Gasteiger partial charge is 0.384 e. The lowest BCUT2D eigenvalue weighted by atomic mass is 10.2. The number of nitrogens with two attached hydrogens (primary N) is 1. The molecule has 0 bridgehead atoms. The summed E-state index contributed by atoms with van der Waals surface area (Å²) >= 11 is 1.20. The van der Waals surface area contributed by atoms with Gasteiger partial charge in [0, 0.05) is 17.8 Å². The molecular weight excluding hydrogens is 312 g/mol. The molecule has 0 spiro atoms. The van der Waals surface area contributed by atoms with E-state index in [9.17, 15) is 13.2 Å². The maximum Gasteiger partial charge on any atom is 0.233 e. The molecule has 0 saturated carbocycles. The fourth-order valence-electron chi connectivity index (χ4n) is 2.06. The highest BCUT2D eigenvalue weighted by molar-refractivity contribution is 8.00. The van der Waals surface area contributed by atoms with Gasteiger partial charge in [-0.05, 0) is 20.3 Å². The fourth-order valence-corrected chi connectivity index (χ4v) is 4.58. The Morgan fingerprint density at radius 3 is 2.81 bits per heavy atom. The van der Waals surface area contributed by atoms with Crippen molar-refractivity contribution in [1.29, 1.82) is 0 Å². The van der Waals surface area contributed by atoms with Gasteiger partial charge >= 0.3 is 0 Å². The fraction of sp³-hybridized carbons (Fsp3) is 0.583. The molecule has 3 N–H and O–H groups in total. The Labute approximate surface area is 128 Å². The third kappa shape index (κ3) is 4.57. The number of nitrogens with zero attached hydrogens (tertiary/aromatic N) is 2. The summed E-state index contributed by atoms with van der Waals surface area (Å²) in [7, 11) is -3.00. The standard InChI is InChI=1S/C12H18N4O3S2/c1-7-5-10(13)16-12(14-7)20-8(2)11(17)15-9-3-4-21(18,19)6-9/h5,8-9H,3-4,6H2,1-2H3,(H,15,17)(H2,13,14,16)/t8-,9-/m1/s1. The van der Waals surface area contributed by atoms with E-state index in [1.165, 1.54) is 11.8 Å². The average molecular weight is 330 g/mol. The highest BCUT2D eigenvalue weighted by Crippen LogP contribution is 2.21. The highest BCUT2D eigenvalue weighted by atomic mass is 32.2. The van der Waals surface area contributed by atoms with E-state index in [4.69, 9.17) is 5.73 Å². The summed E-state index contributed by atoms with van der Waals surface area (Å²) in [4.78, 5) is 20.3. The molecule has 0 aliphatic carbocycles. The van der Waals surface area contributed by atoms with Gasteiger partial charge in [-0.15, -0.1) is 0 Å². The predicted molar refractivity (Wildman–Crippen MR) is 81.7 cm³/mol. The SMILES string of the molecule is Cc1cc(N)nc(S[C@H](C)C(=O)N[C@@H]2CCS(=O)(=O)C2)n1. The zero-order valence-corrected chi connectivity index (χ0v) is 13.5. The lowest BCUT2D eigenvalue weighted by Crippen LogP contribution is -2.40. The summed E-state index contributed by atoms with van der Waals surface area (Å²) in [5.41, 5.74) is 6.38. The Balaban J connectivity index is 1.93. The number of rotatable bonds is 4. The molecule has 1 aromatic heterocycles. The molecule has 0 radical (unpaired) electrons. The van der Waals surface area contributed by atoms with Gasteiger partial charge in [-0.1, -0.05) is 11.8 Å². The first kappa shape index (κ1) is 16.0. The zero-order chi connectivity index (χ0) is 15.6. The van der Waals surface area contributed by atoms with Crippen molar-refractivity contribution in [3.63, 3.8) is 0 Å². The van der Waals surface area contributed by atoms with Gasteiger partial charge in [0.2, 0.25) is 5.91 Å². The van der Waals surface area contributed by atoms with Crippen LogP contribution in [0.5, 0.6) is 0 Å². The monoisotopic (exact) mass is 330 g/mol. The van der Waals surface area contributed by atoms with Crippen LogP contribution in [0, 0.1) is 6.92 Å². The van der Waals surface area contributed by atoms with Crippen LogP contribution in [0.3, 0.4) is 0 Å². The van der Waals surface area contributed by atoms with Gasteiger partial charge in [-0.25, -0.2) is 18.4 Å². The van der Waals surface area contributed by atoms with E-state index in [-0.39, 0.29) is 23.5 Å². The van der Waals surface area contributed by atoms with Crippen LogP contribution in [-0.4, -0.2) is 47.1 Å². The number of aryl methyl sites for hydroxylation is 1. The van der Waals surface area contributed by atoms with Gasteiger partial charge in [0.15, 0.2) is 15.0 Å². The molecule has 2 heterocycles. The number of amides is 1. The molecule has 2 rings (SSSR count). The van der Waals surface area contributed by atoms with E-state index in [0.717, 1.165) is 5.69 Å². The second kappa shape index (κ2) is 6.18. The van der Waals surface area contributed by atoms with E-state index in [1.54, 1.807) is 19.9 Å². The number of thioether (sulfide) groups is 1. The second-order valence-electron chi connectivity index (χ2n) is 5.09. The Morgan fingerprint density at radius 2 is 2.24 bits per heavy atom. The third-order valence-corrected chi connectivity index (χ3v) is 5.81. The topological polar surface area (TPSA) is 115 Å². The van der Waals surface area contributed by atoms with Gasteiger partial charge in [-0.3, -0.25) is 4.79 Å². The molecule has 0 aromatic carbocycles. The number of sulfone groups is 1. The van der Waals surface area contributed by atoms with Crippen LogP contribution < -0.4 is 11.1 Å². The van der Waals surface area contributed by atoms with E-state index < -0.39 is 15.1 Å². The molecule has 116 valence electrons. The quantitative estimate of drug-likeness (QED) is 0.596. The van der Waals surface area contributed by atoms with Crippen molar-refractivity contribution < 1.29 is 13.2 Å². The van der Waals surface area contributed by atoms with Crippen LogP contribution in [0.15, 0.2) is 11.2 Å². The van der Waals surface area contributed by atoms with Crippen molar-refractivity contribution in [2.45, 2.75) is 36.7 Å². The number of anilines is 1. The van der Waals surface area contributed by atoms with E-state index in [2.05, 4.69) is 15.3 Å². The van der Waals surface area contributed by atoms with Gasteiger partial charge < -0.3 is 11.1 Å². The maximum absolute atomic E-state index is 12.1. The molecule has 1 aromatic rings. The molecule has 1 saturated heterocycles. The van der Waals surface area contributed by atoms with Crippen LogP contribution >= 0.6 is 11.8 Å². The molecule has 0 unspecified atom stereocenters. The molecule has 1 amide bonds. The van der Waals surface area contributed by atoms with Crippen LogP contribution in [0.4, 0.5) is 5.82 Å². The predicted octanol–water partition coefficient (Wildman–Crippen LogP) is 0.151. The summed E-state index contributed by atoms with van der Waals surface area (Å²) in [6.45, 7) is 3.53. The van der Waals surface area contributed by atoms with Gasteiger partial charge in [0.25, 0.3) is 0 Å². The smallest absolute Gasteiger partial charge is 0.233 e. The number of carbonyl (C=O) groups is 1. The first-order valence-corrected chi connectivity index (χ1v) is 9.24. The van der Waals surface area contributed by atoms with E-state index in [1.807, 2.05) is 0 Å². The summed E-state index contributed by atoms with van der Waals surface area (Å²) in [6, 6.07) is 1.35. The van der Waals surface area contributed by atoms with Gasteiger partial charge in [0.1, 0.15) is 5.82 Å². The van der Waals surface area contributed by atoms with Crippen LogP contribution in [-0.2, 0) is 14.6 Å². The summed E-state index contributed by atoms with van der Waals surface area (Å²) < 4.78 is 22.7. The molecule has 2 atom stereocenters. The van der Waals surface area contributed by atoms with Gasteiger partial charge in [0.05, 0.1) is 16.8 Å². The van der Waals surface area contributed by atoms with Crippen LogP contribution in [0.2, 0.25) is 0 Å². The third-order valence-electron chi connectivity index (χ3n) is 3.08. The first-order valence-electron chi connectivity index (χ1n) is 6.54. The molecule has 1 aliphatic heterocycles. The van der Waals surface area contributed by atoms with Crippen molar-refractivity contribution in [3.05, 3.63) is 11.8 Å². The number of aromatic nitrogens is 2. The average Bonchev–Trinajstić information content (AvgIpc) is 2.67. The molecular formula is C12H18N4O3S2. The Kier molecular flexibility index (Phi) is 4.72. The van der Waals surface area contributed by atoms with Crippen LogP contribution in [0.1, 0.15) is 19.0 Å². The van der Waals surface area contributed by atoms with Crippen molar-refractivity contribution >= 4 is 33.3 Å². The number of hydrogen-bond acceptors (Lipinski definition) is 7. The van der Waals surface area contributed by atoms with Gasteiger partial charge in [-0.2, -0.15) is 0 Å². The lowest BCUT2D eigenvalue weighted by Gasteiger charge is -2.15. The Bertz CT molecular complexity index is 628. The highest BCUT2D eigenvalue weighted by Gasteiger charge is 2.30. The first-order chi connectivity index (χ1) is 9.75. The van der Waals surface area contributed by atoms with E-state index in [0.29, 0.717) is 17.4 Å². The van der Waals surface area contributed by atoms with Crippen LogP contribution in [0.25, 0.3) is 0 Å². The molecule has 21 heavy (non-hydrogen) atoms. The van der Waals surface area contributed by atoms with Crippen molar-refractivity contribution in [1.82, 2.24) is 15.3 Å². The summed E-state index contributed by atoms with van der Waals surface area (Å²) in [6.07, 6.45) is 0.472. The zero-order valence-electron chi connectivity index (χ0n) is 11.9. The summed E-state index contributed by atoms with van der Waals surface area (Å²) in [5.74, 6) is 0.298. The minimum absolute atomic E-state index is 0.0179. The second-order valence-corrected chi connectivity index (χ2v) is 8.62. The van der Waals surface area contributed by atoms with Crippen molar-refractivity contribution in [2.24, 2.45) is 0 Å². The molecule has 9 heteroatoms. The normalized spacial score (nSPS) is 21.9. The number of nitrogens with one attached hydrogen (secondary N) is 1. The van der Waals surface area contributed by atoms with E-state index >= 15 is 0 Å². The molecule has 1 fully saturated rings. The van der Waals surface area contributed by atoms with Crippen molar-refractivity contribution in [2.75, 3.05) is 17.2 Å². The number of nitrogen functional groups attached to an aromatic ring is 1. The maximum atomic E-state index is 12.1.